The van der Waals surface area contributed by atoms with Crippen LogP contribution in [0.5, 0.6) is 0 Å². The third kappa shape index (κ3) is 4.61. The highest BCUT2D eigenvalue weighted by atomic mass is 32.1. The second kappa shape index (κ2) is 6.07. The van der Waals surface area contributed by atoms with Crippen molar-refractivity contribution < 1.29 is 0 Å². The van der Waals surface area contributed by atoms with Gasteiger partial charge in [0.2, 0.25) is 0 Å². The summed E-state index contributed by atoms with van der Waals surface area (Å²) in [5, 5.41) is 0. The number of rotatable bonds is 5. The fraction of sp³-hybridized carbons (Fsp3) is 0.500. The van der Waals surface area contributed by atoms with Crippen molar-refractivity contribution in [3.8, 4) is 0 Å². The number of aromatic nitrogens is 1. The number of aryl methyl sites for hydroxylation is 1. The Bertz CT molecular complexity index is 303. The Kier molecular flexibility index (Phi) is 5.04. The summed E-state index contributed by atoms with van der Waals surface area (Å²) in [5.74, 6) is 0. The van der Waals surface area contributed by atoms with Crippen LogP contribution in [0.1, 0.15) is 11.4 Å². The molecule has 0 saturated heterocycles. The van der Waals surface area contributed by atoms with Crippen molar-refractivity contribution in [2.24, 2.45) is 0 Å². The normalized spacial score (nSPS) is 13.1. The van der Waals surface area contributed by atoms with Crippen LogP contribution in [-0.2, 0) is 6.54 Å². The second-order valence-corrected chi connectivity index (χ2v) is 4.09. The van der Waals surface area contributed by atoms with Crippen molar-refractivity contribution in [3.05, 3.63) is 29.6 Å². The van der Waals surface area contributed by atoms with Gasteiger partial charge in [-0.2, -0.15) is 0 Å². The van der Waals surface area contributed by atoms with E-state index < -0.39 is 0 Å². The second-order valence-electron chi connectivity index (χ2n) is 3.61. The van der Waals surface area contributed by atoms with Gasteiger partial charge < -0.3 is 0 Å². The molecule has 0 aliphatic carbocycles. The van der Waals surface area contributed by atoms with Gasteiger partial charge in [0.15, 0.2) is 0 Å². The molecule has 1 rings (SSSR count). The van der Waals surface area contributed by atoms with Gasteiger partial charge in [0.25, 0.3) is 0 Å². The predicted molar refractivity (Wildman–Crippen MR) is 65.4 cm³/mol. The van der Waals surface area contributed by atoms with E-state index in [4.69, 9.17) is 0 Å². The minimum atomic E-state index is -0.00481. The van der Waals surface area contributed by atoms with Crippen LogP contribution in [0.2, 0.25) is 0 Å². The molecule has 0 aliphatic rings. The van der Waals surface area contributed by atoms with Gasteiger partial charge in [-0.05, 0) is 33.2 Å². The molecule has 1 aromatic rings. The lowest BCUT2D eigenvalue weighted by molar-refractivity contribution is 0.304. The Morgan fingerprint density at radius 1 is 1.47 bits per heavy atom. The zero-order valence-corrected chi connectivity index (χ0v) is 10.3. The molecule has 2 N–H and O–H groups in total. The van der Waals surface area contributed by atoms with Crippen LogP contribution < -0.4 is 10.9 Å². The van der Waals surface area contributed by atoms with E-state index in [0.29, 0.717) is 6.54 Å². The van der Waals surface area contributed by atoms with E-state index in [9.17, 15) is 0 Å². The molecule has 0 saturated carbocycles. The average molecular weight is 226 g/mol. The number of hydrogen-bond donors (Lipinski definition) is 3. The van der Waals surface area contributed by atoms with Gasteiger partial charge in [-0.15, -0.1) is 12.6 Å². The number of pyridine rings is 1. The lowest BCUT2D eigenvalue weighted by atomic mass is 10.3. The Morgan fingerprint density at radius 2 is 2.20 bits per heavy atom. The van der Waals surface area contributed by atoms with E-state index in [2.05, 4.69) is 28.5 Å². The summed E-state index contributed by atoms with van der Waals surface area (Å²) < 4.78 is 0. The third-order valence-electron chi connectivity index (χ3n) is 1.94. The summed E-state index contributed by atoms with van der Waals surface area (Å²) in [6.07, 6.45) is 0. The first kappa shape index (κ1) is 12.4. The molecule has 0 aromatic carbocycles. The van der Waals surface area contributed by atoms with Gasteiger partial charge in [0.1, 0.15) is 5.50 Å². The molecular weight excluding hydrogens is 208 g/mol. The Balaban J connectivity index is 2.32. The van der Waals surface area contributed by atoms with Crippen molar-refractivity contribution in [1.82, 2.24) is 20.7 Å². The van der Waals surface area contributed by atoms with Crippen molar-refractivity contribution in [2.45, 2.75) is 19.0 Å². The maximum atomic E-state index is 4.37. The Hall–Kier alpha value is -0.620. The van der Waals surface area contributed by atoms with Crippen LogP contribution in [0.4, 0.5) is 0 Å². The molecule has 0 spiro atoms. The van der Waals surface area contributed by atoms with Crippen molar-refractivity contribution in [2.75, 3.05) is 14.1 Å². The largest absolute Gasteiger partial charge is 0.285 e. The number of hydrazine groups is 1. The third-order valence-corrected chi connectivity index (χ3v) is 2.53. The summed E-state index contributed by atoms with van der Waals surface area (Å²) in [6.45, 7) is 2.67. The van der Waals surface area contributed by atoms with Crippen LogP contribution in [0.15, 0.2) is 18.2 Å². The van der Waals surface area contributed by atoms with Gasteiger partial charge in [-0.1, -0.05) is 6.07 Å². The number of thiol groups is 1. The fourth-order valence-electron chi connectivity index (χ4n) is 1.06. The van der Waals surface area contributed by atoms with Crippen molar-refractivity contribution in [3.63, 3.8) is 0 Å². The summed E-state index contributed by atoms with van der Waals surface area (Å²) >= 11 is 4.32. The summed E-state index contributed by atoms with van der Waals surface area (Å²) in [4.78, 5) is 6.33. The first-order chi connectivity index (χ1) is 7.09. The first-order valence-corrected chi connectivity index (χ1v) is 5.36. The zero-order valence-electron chi connectivity index (χ0n) is 9.36. The zero-order chi connectivity index (χ0) is 11.3. The van der Waals surface area contributed by atoms with E-state index >= 15 is 0 Å². The lowest BCUT2D eigenvalue weighted by Crippen LogP contribution is -2.44. The van der Waals surface area contributed by atoms with Gasteiger partial charge in [-0.3, -0.25) is 9.88 Å². The molecule has 1 unspecified atom stereocenters. The molecule has 0 aliphatic heterocycles. The van der Waals surface area contributed by atoms with E-state index in [0.717, 1.165) is 11.4 Å². The van der Waals surface area contributed by atoms with E-state index in [-0.39, 0.29) is 5.50 Å². The smallest absolute Gasteiger partial charge is 0.117 e. The van der Waals surface area contributed by atoms with Crippen molar-refractivity contribution in [1.29, 1.82) is 0 Å². The van der Waals surface area contributed by atoms with Gasteiger partial charge >= 0.3 is 0 Å². The van der Waals surface area contributed by atoms with Gasteiger partial charge in [0.05, 0.1) is 12.2 Å². The van der Waals surface area contributed by atoms with E-state index in [1.165, 1.54) is 0 Å². The molecule has 5 heteroatoms. The summed E-state index contributed by atoms with van der Waals surface area (Å²) in [6, 6.07) is 5.98. The van der Waals surface area contributed by atoms with Crippen LogP contribution in [0.3, 0.4) is 0 Å². The van der Waals surface area contributed by atoms with Gasteiger partial charge in [-0.25, -0.2) is 10.9 Å². The molecular formula is C10H18N4S. The molecule has 84 valence electrons. The Morgan fingerprint density at radius 3 is 2.80 bits per heavy atom. The molecule has 0 fully saturated rings. The molecule has 0 amide bonds. The predicted octanol–water partition coefficient (Wildman–Crippen LogP) is 0.759. The highest BCUT2D eigenvalue weighted by molar-refractivity contribution is 7.80. The van der Waals surface area contributed by atoms with Crippen LogP contribution in [0.25, 0.3) is 0 Å². The quantitative estimate of drug-likeness (QED) is 0.394. The molecule has 15 heavy (non-hydrogen) atoms. The highest BCUT2D eigenvalue weighted by Crippen LogP contribution is 1.97. The SMILES string of the molecule is Cc1cccc(CNNC(S)N(C)C)n1. The van der Waals surface area contributed by atoms with Crippen LogP contribution in [0, 0.1) is 6.92 Å². The minimum absolute atomic E-state index is 0.00481. The average Bonchev–Trinajstić information content (AvgIpc) is 2.17. The molecule has 0 bridgehead atoms. The summed E-state index contributed by atoms with van der Waals surface area (Å²) in [7, 11) is 3.91. The topological polar surface area (TPSA) is 40.2 Å². The van der Waals surface area contributed by atoms with Crippen LogP contribution in [-0.4, -0.2) is 29.5 Å². The lowest BCUT2D eigenvalue weighted by Gasteiger charge is -2.20. The van der Waals surface area contributed by atoms with Crippen molar-refractivity contribution >= 4 is 12.6 Å². The number of nitrogens with one attached hydrogen (secondary N) is 2. The standard InChI is InChI=1S/C10H18N4S/c1-8-5-4-6-9(12-8)7-11-13-10(15)14(2)3/h4-6,10-11,13,15H,7H2,1-3H3. The highest BCUT2D eigenvalue weighted by Gasteiger charge is 2.02. The van der Waals surface area contributed by atoms with E-state index in [1.54, 1.807) is 0 Å². The van der Waals surface area contributed by atoms with Gasteiger partial charge in [0, 0.05) is 5.69 Å². The first-order valence-electron chi connectivity index (χ1n) is 4.85. The molecule has 0 radical (unpaired) electrons. The van der Waals surface area contributed by atoms with E-state index in [1.807, 2.05) is 44.1 Å². The van der Waals surface area contributed by atoms with Crippen LogP contribution >= 0.6 is 12.6 Å². The molecule has 4 nitrogen and oxygen atoms in total. The molecule has 1 atom stereocenters. The number of nitrogens with zero attached hydrogens (tertiary/aromatic N) is 2. The number of hydrogen-bond acceptors (Lipinski definition) is 5. The summed E-state index contributed by atoms with van der Waals surface area (Å²) in [5.41, 5.74) is 8.17. The fourth-order valence-corrected chi connectivity index (χ4v) is 1.15. The Labute approximate surface area is 96.5 Å². The minimum Gasteiger partial charge on any atom is -0.285 e. The molecule has 1 heterocycles. The molecule has 1 aromatic heterocycles. The maximum Gasteiger partial charge on any atom is 0.117 e. The monoisotopic (exact) mass is 226 g/mol. The maximum absolute atomic E-state index is 4.37.